The largest absolute Gasteiger partial charge is 0.411 e. The van der Waals surface area contributed by atoms with Gasteiger partial charge in [-0.1, -0.05) is 5.16 Å². The molecule has 2 aliphatic carbocycles. The lowest BCUT2D eigenvalue weighted by Gasteiger charge is -2.24. The van der Waals surface area contributed by atoms with Gasteiger partial charge in [-0.3, -0.25) is 0 Å². The molecule has 0 amide bonds. The van der Waals surface area contributed by atoms with E-state index in [-0.39, 0.29) is 0 Å². The Morgan fingerprint density at radius 3 is 2.45 bits per heavy atom. The lowest BCUT2D eigenvalue weighted by Crippen LogP contribution is -2.23. The molecule has 1 N–H and O–H groups in total. The topological polar surface area (TPSA) is 32.6 Å². The molecule has 0 atom stereocenters. The number of rotatable bonds is 1. The predicted molar refractivity (Wildman–Crippen MR) is 43.9 cm³/mol. The highest BCUT2D eigenvalue weighted by atomic mass is 16.4. The summed E-state index contributed by atoms with van der Waals surface area (Å²) in [5.41, 5.74) is 1.29. The van der Waals surface area contributed by atoms with Crippen molar-refractivity contribution in [2.45, 2.75) is 39.0 Å². The fourth-order valence-electron chi connectivity index (χ4n) is 2.81. The molecular formula is C9H15NO. The van der Waals surface area contributed by atoms with Crippen LogP contribution in [0.25, 0.3) is 0 Å². The molecule has 0 spiro atoms. The number of fused-ring (bicyclic) bond motifs is 2. The molecule has 11 heavy (non-hydrogen) atoms. The summed E-state index contributed by atoms with van der Waals surface area (Å²) in [6.45, 7) is 1.97. The van der Waals surface area contributed by atoms with Gasteiger partial charge in [0.15, 0.2) is 0 Å². The Bertz CT molecular complexity index is 190. The SMILES string of the molecule is CC(=NO)C12CCC(CC1)C2. The third-order valence-corrected chi connectivity index (χ3v) is 3.66. The fraction of sp³-hybridized carbons (Fsp3) is 0.889. The highest BCUT2D eigenvalue weighted by Gasteiger charge is 2.46. The van der Waals surface area contributed by atoms with E-state index in [0.29, 0.717) is 5.41 Å². The van der Waals surface area contributed by atoms with Gasteiger partial charge in [-0.25, -0.2) is 0 Å². The standard InChI is InChI=1S/C9H15NO/c1-7(10-11)9-4-2-8(6-9)3-5-9/h8,11H,2-6H2,1H3. The van der Waals surface area contributed by atoms with E-state index in [1.54, 1.807) is 0 Å². The molecule has 2 nitrogen and oxygen atoms in total. The van der Waals surface area contributed by atoms with Gasteiger partial charge >= 0.3 is 0 Å². The Kier molecular flexibility index (Phi) is 1.44. The Hall–Kier alpha value is -0.530. The van der Waals surface area contributed by atoms with Crippen molar-refractivity contribution < 1.29 is 5.21 Å². The summed E-state index contributed by atoms with van der Waals surface area (Å²) in [6.07, 6.45) is 6.50. The minimum atomic E-state index is 0.319. The van der Waals surface area contributed by atoms with Crippen molar-refractivity contribution in [3.63, 3.8) is 0 Å². The summed E-state index contributed by atoms with van der Waals surface area (Å²) < 4.78 is 0. The minimum absolute atomic E-state index is 0.319. The monoisotopic (exact) mass is 153 g/mol. The summed E-state index contributed by atoms with van der Waals surface area (Å²) in [5, 5.41) is 12.1. The molecule has 62 valence electrons. The van der Waals surface area contributed by atoms with Crippen LogP contribution in [0.3, 0.4) is 0 Å². The first-order valence-corrected chi connectivity index (χ1v) is 4.46. The average molecular weight is 153 g/mol. The van der Waals surface area contributed by atoms with Crippen molar-refractivity contribution in [2.24, 2.45) is 16.5 Å². The molecule has 0 saturated heterocycles. The van der Waals surface area contributed by atoms with Crippen LogP contribution in [0.5, 0.6) is 0 Å². The van der Waals surface area contributed by atoms with Crippen LogP contribution in [0.2, 0.25) is 0 Å². The smallest absolute Gasteiger partial charge is 0.0601 e. The van der Waals surface area contributed by atoms with Gasteiger partial charge in [-0.2, -0.15) is 0 Å². The molecule has 0 unspecified atom stereocenters. The van der Waals surface area contributed by atoms with E-state index >= 15 is 0 Å². The van der Waals surface area contributed by atoms with Crippen molar-refractivity contribution >= 4 is 5.71 Å². The number of hydrogen-bond donors (Lipinski definition) is 1. The molecule has 0 aromatic rings. The highest BCUT2D eigenvalue weighted by Crippen LogP contribution is 2.54. The van der Waals surface area contributed by atoms with Crippen molar-refractivity contribution in [3.8, 4) is 0 Å². The number of oxime groups is 1. The van der Waals surface area contributed by atoms with Crippen LogP contribution in [0.1, 0.15) is 39.0 Å². The summed E-state index contributed by atoms with van der Waals surface area (Å²) in [6, 6.07) is 0. The van der Waals surface area contributed by atoms with Crippen LogP contribution in [0, 0.1) is 11.3 Å². The Morgan fingerprint density at radius 2 is 2.09 bits per heavy atom. The second-order valence-corrected chi connectivity index (χ2v) is 4.11. The van der Waals surface area contributed by atoms with Crippen LogP contribution < -0.4 is 0 Å². The van der Waals surface area contributed by atoms with E-state index in [1.807, 2.05) is 6.92 Å². The highest BCUT2D eigenvalue weighted by molar-refractivity contribution is 5.88. The maximum absolute atomic E-state index is 8.70. The van der Waals surface area contributed by atoms with E-state index < -0.39 is 0 Å². The Balaban J connectivity index is 2.22. The van der Waals surface area contributed by atoms with Gasteiger partial charge in [0.05, 0.1) is 5.71 Å². The molecule has 0 aromatic carbocycles. The summed E-state index contributed by atoms with van der Waals surface area (Å²) in [7, 11) is 0. The first kappa shape index (κ1) is 7.14. The zero-order chi connectivity index (χ0) is 7.90. The zero-order valence-electron chi connectivity index (χ0n) is 7.01. The van der Waals surface area contributed by atoms with E-state index in [2.05, 4.69) is 5.16 Å². The molecule has 2 fully saturated rings. The van der Waals surface area contributed by atoms with Gasteiger partial charge in [0.25, 0.3) is 0 Å². The Labute approximate surface area is 67.3 Å². The maximum Gasteiger partial charge on any atom is 0.0601 e. The van der Waals surface area contributed by atoms with Gasteiger partial charge in [0.2, 0.25) is 0 Å². The van der Waals surface area contributed by atoms with Gasteiger partial charge in [0, 0.05) is 5.41 Å². The third-order valence-electron chi connectivity index (χ3n) is 3.66. The minimum Gasteiger partial charge on any atom is -0.411 e. The van der Waals surface area contributed by atoms with Crippen molar-refractivity contribution in [2.75, 3.05) is 0 Å². The Morgan fingerprint density at radius 1 is 1.45 bits per heavy atom. The molecule has 0 aliphatic heterocycles. The molecule has 0 radical (unpaired) electrons. The molecule has 2 aliphatic rings. The number of nitrogens with zero attached hydrogens (tertiary/aromatic N) is 1. The number of hydrogen-bond acceptors (Lipinski definition) is 2. The summed E-state index contributed by atoms with van der Waals surface area (Å²) >= 11 is 0. The lowest BCUT2D eigenvalue weighted by molar-refractivity contribution is 0.302. The van der Waals surface area contributed by atoms with Crippen molar-refractivity contribution in [3.05, 3.63) is 0 Å². The van der Waals surface area contributed by atoms with Gasteiger partial charge in [-0.15, -0.1) is 0 Å². The predicted octanol–water partition coefficient (Wildman–Crippen LogP) is 2.42. The molecule has 0 heterocycles. The second-order valence-electron chi connectivity index (χ2n) is 4.11. The first-order chi connectivity index (χ1) is 5.27. The molecule has 0 aromatic heterocycles. The lowest BCUT2D eigenvalue weighted by atomic mass is 9.80. The molecule has 2 saturated carbocycles. The molecular weight excluding hydrogens is 138 g/mol. The molecule has 2 bridgehead atoms. The van der Waals surface area contributed by atoms with Crippen LogP contribution in [-0.4, -0.2) is 10.9 Å². The van der Waals surface area contributed by atoms with E-state index in [4.69, 9.17) is 5.21 Å². The summed E-state index contributed by atoms with van der Waals surface area (Å²) in [5.74, 6) is 0.937. The third kappa shape index (κ3) is 0.883. The maximum atomic E-state index is 8.70. The van der Waals surface area contributed by atoms with Gasteiger partial charge in [0.1, 0.15) is 0 Å². The average Bonchev–Trinajstić information content (AvgIpc) is 2.62. The van der Waals surface area contributed by atoms with Gasteiger partial charge in [-0.05, 0) is 44.9 Å². The normalized spacial score (nSPS) is 43.4. The van der Waals surface area contributed by atoms with Crippen LogP contribution >= 0.6 is 0 Å². The first-order valence-electron chi connectivity index (χ1n) is 4.46. The van der Waals surface area contributed by atoms with Crippen LogP contribution in [0.15, 0.2) is 5.16 Å². The van der Waals surface area contributed by atoms with Crippen molar-refractivity contribution in [1.29, 1.82) is 0 Å². The van der Waals surface area contributed by atoms with Crippen LogP contribution in [-0.2, 0) is 0 Å². The van der Waals surface area contributed by atoms with E-state index in [0.717, 1.165) is 11.6 Å². The van der Waals surface area contributed by atoms with E-state index in [1.165, 1.54) is 32.1 Å². The fourth-order valence-corrected chi connectivity index (χ4v) is 2.81. The molecule has 2 rings (SSSR count). The van der Waals surface area contributed by atoms with Gasteiger partial charge < -0.3 is 5.21 Å². The van der Waals surface area contributed by atoms with E-state index in [9.17, 15) is 0 Å². The van der Waals surface area contributed by atoms with Crippen LogP contribution in [0.4, 0.5) is 0 Å². The van der Waals surface area contributed by atoms with Crippen molar-refractivity contribution in [1.82, 2.24) is 0 Å². The zero-order valence-corrected chi connectivity index (χ0v) is 7.01. The quantitative estimate of drug-likeness (QED) is 0.350. The summed E-state index contributed by atoms with van der Waals surface area (Å²) in [4.78, 5) is 0. The second kappa shape index (κ2) is 2.23. The molecule has 2 heteroatoms.